The molecule has 2 amide bonds. The fraction of sp³-hybridized carbons (Fsp3) is 0. The van der Waals surface area contributed by atoms with E-state index in [1.165, 1.54) is 6.07 Å². The molecule has 5 heteroatoms. The molecule has 2 rings (SSSR count). The van der Waals surface area contributed by atoms with Crippen molar-refractivity contribution in [2.24, 2.45) is 5.73 Å². The van der Waals surface area contributed by atoms with Crippen molar-refractivity contribution >= 4 is 23.3 Å². The number of anilines is 1. The van der Waals surface area contributed by atoms with Crippen molar-refractivity contribution in [1.82, 2.24) is 0 Å². The van der Waals surface area contributed by atoms with Gasteiger partial charge in [-0.2, -0.15) is 0 Å². The molecule has 2 aromatic carbocycles. The Labute approximate surface area is 115 Å². The Morgan fingerprint density at radius 1 is 0.850 bits per heavy atom. The van der Waals surface area contributed by atoms with Crippen LogP contribution in [-0.4, -0.2) is 17.6 Å². The van der Waals surface area contributed by atoms with Gasteiger partial charge in [0.2, 0.25) is 0 Å². The standard InChI is InChI=1S/C15H12N2O3/c16-14(19)15(20)17-12-9-5-4-8-11(12)13(18)10-6-2-1-3-7-10/h1-9H,(H2,16,19)(H,17,20). The maximum Gasteiger partial charge on any atom is 0.313 e. The van der Waals surface area contributed by atoms with Crippen molar-refractivity contribution in [3.8, 4) is 0 Å². The minimum Gasteiger partial charge on any atom is -0.361 e. The van der Waals surface area contributed by atoms with Crippen LogP contribution >= 0.6 is 0 Å². The van der Waals surface area contributed by atoms with E-state index < -0.39 is 11.8 Å². The quantitative estimate of drug-likeness (QED) is 0.650. The number of hydrogen-bond donors (Lipinski definition) is 2. The number of carbonyl (C=O) groups is 3. The second-order valence-corrected chi connectivity index (χ2v) is 4.06. The molecule has 20 heavy (non-hydrogen) atoms. The lowest BCUT2D eigenvalue weighted by Gasteiger charge is -2.09. The fourth-order valence-electron chi connectivity index (χ4n) is 1.72. The summed E-state index contributed by atoms with van der Waals surface area (Å²) in [5, 5.41) is 2.33. The molecule has 0 aliphatic rings. The van der Waals surface area contributed by atoms with Gasteiger partial charge in [-0.25, -0.2) is 0 Å². The van der Waals surface area contributed by atoms with Crippen molar-refractivity contribution in [1.29, 1.82) is 0 Å². The van der Waals surface area contributed by atoms with Gasteiger partial charge >= 0.3 is 11.8 Å². The highest BCUT2D eigenvalue weighted by Crippen LogP contribution is 2.19. The molecule has 0 spiro atoms. The second-order valence-electron chi connectivity index (χ2n) is 4.06. The molecule has 0 aliphatic heterocycles. The zero-order valence-corrected chi connectivity index (χ0v) is 10.5. The summed E-state index contributed by atoms with van der Waals surface area (Å²) in [6.07, 6.45) is 0. The van der Waals surface area contributed by atoms with E-state index in [1.54, 1.807) is 48.5 Å². The zero-order valence-electron chi connectivity index (χ0n) is 10.5. The molecule has 2 aromatic rings. The first-order chi connectivity index (χ1) is 9.59. The molecule has 0 radical (unpaired) electrons. The SMILES string of the molecule is NC(=O)C(=O)Nc1ccccc1C(=O)c1ccccc1. The number of amides is 2. The zero-order chi connectivity index (χ0) is 14.5. The highest BCUT2D eigenvalue weighted by molar-refractivity contribution is 6.39. The van der Waals surface area contributed by atoms with Crippen LogP contribution in [0.25, 0.3) is 0 Å². The van der Waals surface area contributed by atoms with E-state index in [1.807, 2.05) is 0 Å². The lowest BCUT2D eigenvalue weighted by atomic mass is 10.0. The number of nitrogens with one attached hydrogen (secondary N) is 1. The number of primary amides is 1. The number of para-hydroxylation sites is 1. The van der Waals surface area contributed by atoms with Crippen LogP contribution < -0.4 is 11.1 Å². The summed E-state index contributed by atoms with van der Waals surface area (Å²) >= 11 is 0. The number of ketones is 1. The van der Waals surface area contributed by atoms with Gasteiger partial charge in [-0.15, -0.1) is 0 Å². The molecule has 0 unspecified atom stereocenters. The lowest BCUT2D eigenvalue weighted by Crippen LogP contribution is -2.30. The molecular weight excluding hydrogens is 256 g/mol. The van der Waals surface area contributed by atoms with Crippen molar-refractivity contribution in [2.75, 3.05) is 5.32 Å². The van der Waals surface area contributed by atoms with Crippen LogP contribution in [0.2, 0.25) is 0 Å². The molecule has 0 saturated carbocycles. The normalized spacial score (nSPS) is 9.80. The molecule has 0 fully saturated rings. The van der Waals surface area contributed by atoms with E-state index in [0.717, 1.165) is 0 Å². The van der Waals surface area contributed by atoms with E-state index in [-0.39, 0.29) is 11.5 Å². The smallest absolute Gasteiger partial charge is 0.313 e. The minimum absolute atomic E-state index is 0.244. The van der Waals surface area contributed by atoms with Gasteiger partial charge in [0.1, 0.15) is 0 Å². The predicted octanol–water partition coefficient (Wildman–Crippen LogP) is 1.34. The highest BCUT2D eigenvalue weighted by Gasteiger charge is 2.16. The number of rotatable bonds is 3. The number of benzene rings is 2. The first kappa shape index (κ1) is 13.5. The van der Waals surface area contributed by atoms with E-state index in [9.17, 15) is 14.4 Å². The van der Waals surface area contributed by atoms with Crippen LogP contribution in [0.5, 0.6) is 0 Å². The molecule has 5 nitrogen and oxygen atoms in total. The van der Waals surface area contributed by atoms with Gasteiger partial charge in [0.05, 0.1) is 5.69 Å². The Kier molecular flexibility index (Phi) is 3.91. The van der Waals surface area contributed by atoms with Crippen LogP contribution in [0.15, 0.2) is 54.6 Å². The summed E-state index contributed by atoms with van der Waals surface area (Å²) in [6.45, 7) is 0. The van der Waals surface area contributed by atoms with Gasteiger partial charge < -0.3 is 11.1 Å². The fourth-order valence-corrected chi connectivity index (χ4v) is 1.72. The van der Waals surface area contributed by atoms with Gasteiger partial charge in [-0.05, 0) is 12.1 Å². The average molecular weight is 268 g/mol. The van der Waals surface area contributed by atoms with E-state index in [4.69, 9.17) is 5.73 Å². The molecule has 100 valence electrons. The molecule has 0 atom stereocenters. The Hall–Kier alpha value is -2.95. The van der Waals surface area contributed by atoms with Crippen LogP contribution in [0.4, 0.5) is 5.69 Å². The van der Waals surface area contributed by atoms with Crippen molar-refractivity contribution in [2.45, 2.75) is 0 Å². The molecule has 0 saturated heterocycles. The molecule has 0 aromatic heterocycles. The minimum atomic E-state index is -1.10. The van der Waals surface area contributed by atoms with Gasteiger partial charge in [0.15, 0.2) is 5.78 Å². The first-order valence-corrected chi connectivity index (χ1v) is 5.89. The highest BCUT2D eigenvalue weighted by atomic mass is 16.2. The van der Waals surface area contributed by atoms with E-state index in [2.05, 4.69) is 5.32 Å². The lowest BCUT2D eigenvalue weighted by molar-refractivity contribution is -0.134. The maximum atomic E-state index is 12.4. The average Bonchev–Trinajstić information content (AvgIpc) is 2.48. The van der Waals surface area contributed by atoms with Crippen molar-refractivity contribution in [3.05, 3.63) is 65.7 Å². The Morgan fingerprint density at radius 2 is 1.45 bits per heavy atom. The third-order valence-electron chi connectivity index (χ3n) is 2.68. The van der Waals surface area contributed by atoms with Crippen LogP contribution in [0.1, 0.15) is 15.9 Å². The third-order valence-corrected chi connectivity index (χ3v) is 2.68. The van der Waals surface area contributed by atoms with Gasteiger partial charge in [-0.1, -0.05) is 42.5 Å². The monoisotopic (exact) mass is 268 g/mol. The summed E-state index contributed by atoms with van der Waals surface area (Å²) in [7, 11) is 0. The van der Waals surface area contributed by atoms with Crippen LogP contribution in [0.3, 0.4) is 0 Å². The third kappa shape index (κ3) is 2.89. The second kappa shape index (κ2) is 5.79. The van der Waals surface area contributed by atoms with Crippen LogP contribution in [-0.2, 0) is 9.59 Å². The molecule has 3 N–H and O–H groups in total. The van der Waals surface area contributed by atoms with Gasteiger partial charge in [0.25, 0.3) is 0 Å². The molecule has 0 aliphatic carbocycles. The topological polar surface area (TPSA) is 89.3 Å². The summed E-state index contributed by atoms with van der Waals surface area (Å²) in [5.41, 5.74) is 5.93. The van der Waals surface area contributed by atoms with E-state index >= 15 is 0 Å². The van der Waals surface area contributed by atoms with Gasteiger partial charge in [0, 0.05) is 11.1 Å². The van der Waals surface area contributed by atoms with Crippen molar-refractivity contribution < 1.29 is 14.4 Å². The summed E-state index contributed by atoms with van der Waals surface area (Å²) in [6, 6.07) is 15.1. The number of hydrogen-bond acceptors (Lipinski definition) is 3. The Balaban J connectivity index is 2.35. The number of carbonyl (C=O) groups excluding carboxylic acids is 3. The number of nitrogens with two attached hydrogens (primary N) is 1. The molecule has 0 bridgehead atoms. The summed E-state index contributed by atoms with van der Waals surface area (Å²) in [5.74, 6) is -2.31. The largest absolute Gasteiger partial charge is 0.361 e. The molecule has 0 heterocycles. The van der Waals surface area contributed by atoms with Crippen LogP contribution in [0, 0.1) is 0 Å². The maximum absolute atomic E-state index is 12.4. The molecular formula is C15H12N2O3. The van der Waals surface area contributed by atoms with Crippen molar-refractivity contribution in [3.63, 3.8) is 0 Å². The predicted molar refractivity (Wildman–Crippen MR) is 74.1 cm³/mol. The van der Waals surface area contributed by atoms with E-state index in [0.29, 0.717) is 11.1 Å². The Morgan fingerprint density at radius 3 is 2.10 bits per heavy atom. The van der Waals surface area contributed by atoms with Gasteiger partial charge in [-0.3, -0.25) is 14.4 Å². The first-order valence-electron chi connectivity index (χ1n) is 5.89. The summed E-state index contributed by atoms with van der Waals surface area (Å²) in [4.78, 5) is 34.5. The summed E-state index contributed by atoms with van der Waals surface area (Å²) < 4.78 is 0. The Bertz CT molecular complexity index is 666.